The Morgan fingerprint density at radius 3 is 2.43 bits per heavy atom. The summed E-state index contributed by atoms with van der Waals surface area (Å²) < 4.78 is 31.1. The van der Waals surface area contributed by atoms with Gasteiger partial charge in [0.25, 0.3) is 0 Å². The Bertz CT molecular complexity index is 247. The third kappa shape index (κ3) is 5.54. The lowest BCUT2D eigenvalue weighted by Crippen LogP contribution is -2.33. The van der Waals surface area contributed by atoms with E-state index in [1.54, 1.807) is 0 Å². The molecule has 0 aliphatic carbocycles. The first kappa shape index (κ1) is 11.9. The lowest BCUT2D eigenvalue weighted by Gasteiger charge is -2.26. The Morgan fingerprint density at radius 1 is 1.21 bits per heavy atom. The van der Waals surface area contributed by atoms with Crippen LogP contribution in [0.15, 0.2) is 0 Å². The molecule has 1 heterocycles. The van der Waals surface area contributed by atoms with Gasteiger partial charge in [-0.15, -0.1) is 0 Å². The molecule has 1 fully saturated rings. The number of nitrogens with zero attached hydrogens (tertiary/aromatic N) is 1. The fourth-order valence-electron chi connectivity index (χ4n) is 1.69. The topological polar surface area (TPSA) is 69.6 Å². The first-order valence-electron chi connectivity index (χ1n) is 5.02. The van der Waals surface area contributed by atoms with Gasteiger partial charge in [0.1, 0.15) is 0 Å². The Labute approximate surface area is 85.4 Å². The lowest BCUT2D eigenvalue weighted by atomic mass is 10.1. The van der Waals surface area contributed by atoms with Gasteiger partial charge in [0.05, 0.1) is 0 Å². The minimum atomic E-state index is -4.00. The van der Waals surface area contributed by atoms with Gasteiger partial charge in [-0.3, -0.25) is 4.55 Å². The van der Waals surface area contributed by atoms with E-state index >= 15 is 0 Å². The van der Waals surface area contributed by atoms with E-state index in [-0.39, 0.29) is 0 Å². The number of hydrogen-bond donors (Lipinski definition) is 2. The molecule has 0 amide bonds. The van der Waals surface area contributed by atoms with Crippen LogP contribution in [0.2, 0.25) is 0 Å². The number of piperidine rings is 1. The predicted molar refractivity (Wildman–Crippen MR) is 54.5 cm³/mol. The average molecular weight is 222 g/mol. The predicted octanol–water partition coefficient (Wildman–Crippen LogP) is 0.255. The monoisotopic (exact) mass is 222 g/mol. The van der Waals surface area contributed by atoms with Crippen molar-refractivity contribution in [2.24, 2.45) is 0 Å². The molecule has 0 aromatic rings. The van der Waals surface area contributed by atoms with Gasteiger partial charge < -0.3 is 4.90 Å². The summed E-state index contributed by atoms with van der Waals surface area (Å²) >= 11 is 0. The standard InChI is InChI=1S/C8H18N2O3S/c11-14(12,13)9-5-4-8-10-6-2-1-3-7-10/h9H,1-8H2,(H,11,12,13). The summed E-state index contributed by atoms with van der Waals surface area (Å²) in [4.78, 5) is 2.33. The van der Waals surface area contributed by atoms with Crippen LogP contribution in [-0.4, -0.2) is 44.0 Å². The van der Waals surface area contributed by atoms with Gasteiger partial charge >= 0.3 is 10.3 Å². The largest absolute Gasteiger partial charge is 0.333 e. The molecule has 1 aliphatic heterocycles. The smallest absolute Gasteiger partial charge is 0.303 e. The number of hydrogen-bond acceptors (Lipinski definition) is 3. The van der Waals surface area contributed by atoms with Crippen LogP contribution in [0, 0.1) is 0 Å². The maximum atomic E-state index is 10.3. The molecule has 0 atom stereocenters. The van der Waals surface area contributed by atoms with Crippen LogP contribution >= 0.6 is 0 Å². The minimum absolute atomic E-state index is 0.315. The van der Waals surface area contributed by atoms with E-state index in [0.717, 1.165) is 26.1 Å². The van der Waals surface area contributed by atoms with Gasteiger partial charge in [0.15, 0.2) is 0 Å². The Hall–Kier alpha value is -0.170. The first-order chi connectivity index (χ1) is 6.58. The van der Waals surface area contributed by atoms with Crippen molar-refractivity contribution in [1.29, 1.82) is 0 Å². The molecule has 0 radical (unpaired) electrons. The van der Waals surface area contributed by atoms with Gasteiger partial charge in [0, 0.05) is 6.54 Å². The van der Waals surface area contributed by atoms with E-state index in [9.17, 15) is 8.42 Å². The molecule has 1 aliphatic rings. The number of nitrogens with one attached hydrogen (secondary N) is 1. The maximum Gasteiger partial charge on any atom is 0.333 e. The molecule has 14 heavy (non-hydrogen) atoms. The molecule has 0 unspecified atom stereocenters. The third-order valence-electron chi connectivity index (χ3n) is 2.38. The highest BCUT2D eigenvalue weighted by Gasteiger charge is 2.09. The van der Waals surface area contributed by atoms with Crippen molar-refractivity contribution in [2.45, 2.75) is 25.7 Å². The van der Waals surface area contributed by atoms with Crippen molar-refractivity contribution in [3.63, 3.8) is 0 Å². The molecule has 2 N–H and O–H groups in total. The first-order valence-corrected chi connectivity index (χ1v) is 6.46. The van der Waals surface area contributed by atoms with Crippen LogP contribution in [0.25, 0.3) is 0 Å². The molecule has 0 saturated carbocycles. The maximum absolute atomic E-state index is 10.3. The zero-order valence-electron chi connectivity index (χ0n) is 8.28. The van der Waals surface area contributed by atoms with E-state index in [2.05, 4.69) is 9.62 Å². The lowest BCUT2D eigenvalue weighted by molar-refractivity contribution is 0.227. The highest BCUT2D eigenvalue weighted by atomic mass is 32.2. The SMILES string of the molecule is O=S(=O)(O)NCCCN1CCCCC1. The van der Waals surface area contributed by atoms with E-state index in [1.807, 2.05) is 0 Å². The Kier molecular flexibility index (Phi) is 4.80. The van der Waals surface area contributed by atoms with Crippen molar-refractivity contribution in [3.05, 3.63) is 0 Å². The molecule has 1 rings (SSSR count). The number of likely N-dealkylation sites (tertiary alicyclic amines) is 1. The van der Waals surface area contributed by atoms with Crippen molar-refractivity contribution in [2.75, 3.05) is 26.2 Å². The van der Waals surface area contributed by atoms with Crippen molar-refractivity contribution in [1.82, 2.24) is 9.62 Å². The second-order valence-corrected chi connectivity index (χ2v) is 4.86. The van der Waals surface area contributed by atoms with E-state index in [1.165, 1.54) is 19.3 Å². The van der Waals surface area contributed by atoms with Crippen LogP contribution in [0.5, 0.6) is 0 Å². The summed E-state index contributed by atoms with van der Waals surface area (Å²) in [5.74, 6) is 0. The van der Waals surface area contributed by atoms with E-state index < -0.39 is 10.3 Å². The van der Waals surface area contributed by atoms with Gasteiger partial charge in [-0.2, -0.15) is 13.1 Å². The molecule has 1 saturated heterocycles. The fraction of sp³-hybridized carbons (Fsp3) is 1.00. The molecule has 0 aromatic carbocycles. The van der Waals surface area contributed by atoms with Crippen LogP contribution in [-0.2, 0) is 10.3 Å². The van der Waals surface area contributed by atoms with Crippen LogP contribution in [0.1, 0.15) is 25.7 Å². The zero-order valence-corrected chi connectivity index (χ0v) is 9.09. The zero-order chi connectivity index (χ0) is 10.4. The number of rotatable bonds is 5. The molecule has 84 valence electrons. The molecule has 0 aromatic heterocycles. The summed E-state index contributed by atoms with van der Waals surface area (Å²) in [6.45, 7) is 3.45. The van der Waals surface area contributed by atoms with Gasteiger partial charge in [-0.05, 0) is 38.9 Å². The van der Waals surface area contributed by atoms with E-state index in [0.29, 0.717) is 6.54 Å². The van der Waals surface area contributed by atoms with Gasteiger partial charge in [-0.1, -0.05) is 6.42 Å². The fourth-order valence-corrected chi connectivity index (χ4v) is 2.09. The van der Waals surface area contributed by atoms with Crippen LogP contribution < -0.4 is 4.72 Å². The molecule has 0 bridgehead atoms. The second kappa shape index (κ2) is 5.65. The van der Waals surface area contributed by atoms with Crippen molar-refractivity contribution >= 4 is 10.3 Å². The van der Waals surface area contributed by atoms with Gasteiger partial charge in [0.2, 0.25) is 0 Å². The minimum Gasteiger partial charge on any atom is -0.303 e. The summed E-state index contributed by atoms with van der Waals surface area (Å²) in [7, 11) is -4.00. The quantitative estimate of drug-likeness (QED) is 0.517. The molecular weight excluding hydrogens is 204 g/mol. The van der Waals surface area contributed by atoms with Crippen molar-refractivity contribution in [3.8, 4) is 0 Å². The molecule has 5 nitrogen and oxygen atoms in total. The molecular formula is C8H18N2O3S. The normalized spacial score (nSPS) is 19.8. The summed E-state index contributed by atoms with van der Waals surface area (Å²) in [5, 5.41) is 0. The molecule has 0 spiro atoms. The Morgan fingerprint density at radius 2 is 1.86 bits per heavy atom. The van der Waals surface area contributed by atoms with Crippen molar-refractivity contribution < 1.29 is 13.0 Å². The summed E-state index contributed by atoms with van der Waals surface area (Å²) in [6.07, 6.45) is 4.54. The highest BCUT2D eigenvalue weighted by Crippen LogP contribution is 2.08. The van der Waals surface area contributed by atoms with Gasteiger partial charge in [-0.25, -0.2) is 0 Å². The highest BCUT2D eigenvalue weighted by molar-refractivity contribution is 7.83. The third-order valence-corrected chi connectivity index (χ3v) is 2.95. The van der Waals surface area contributed by atoms with Crippen LogP contribution in [0.4, 0.5) is 0 Å². The second-order valence-electron chi connectivity index (χ2n) is 3.63. The average Bonchev–Trinajstić information content (AvgIpc) is 2.13. The summed E-state index contributed by atoms with van der Waals surface area (Å²) in [5.41, 5.74) is 0. The summed E-state index contributed by atoms with van der Waals surface area (Å²) in [6, 6.07) is 0. The Balaban J connectivity index is 2.03. The van der Waals surface area contributed by atoms with E-state index in [4.69, 9.17) is 4.55 Å². The van der Waals surface area contributed by atoms with Crippen LogP contribution in [0.3, 0.4) is 0 Å². The molecule has 6 heteroatoms.